The highest BCUT2D eigenvalue weighted by atomic mass is 16.4. The molecule has 0 aromatic carbocycles. The Morgan fingerprint density at radius 3 is 1.68 bits per heavy atom. The largest absolute Gasteiger partial charge is 0.481 e. The summed E-state index contributed by atoms with van der Waals surface area (Å²) in [5, 5.41) is 24.4. The maximum atomic E-state index is 9.64. The van der Waals surface area contributed by atoms with Crippen LogP contribution in [0, 0.1) is 0 Å². The molecule has 5 heteroatoms. The minimum absolute atomic E-state index is 0.167. The lowest BCUT2D eigenvalue weighted by atomic mass is 10.1. The molecule has 0 aliphatic carbocycles. The lowest BCUT2D eigenvalue weighted by Gasteiger charge is -1.96. The summed E-state index contributed by atoms with van der Waals surface area (Å²) in [6, 6.07) is 0. The van der Waals surface area contributed by atoms with Crippen LogP contribution in [0.4, 0.5) is 0 Å². The van der Waals surface area contributed by atoms with E-state index >= 15 is 0 Å². The predicted molar refractivity (Wildman–Crippen MR) is 74.0 cm³/mol. The van der Waals surface area contributed by atoms with Crippen molar-refractivity contribution in [2.45, 2.75) is 46.5 Å². The van der Waals surface area contributed by atoms with E-state index in [-0.39, 0.29) is 19.4 Å². The van der Waals surface area contributed by atoms with E-state index in [9.17, 15) is 9.59 Å². The Bertz CT molecular complexity index is 311. The van der Waals surface area contributed by atoms with Crippen molar-refractivity contribution in [3.05, 3.63) is 23.3 Å². The number of allylic oxidation sites excluding steroid dienone is 3. The van der Waals surface area contributed by atoms with Gasteiger partial charge in [-0.1, -0.05) is 23.3 Å². The number of rotatable bonds is 7. The van der Waals surface area contributed by atoms with E-state index in [1.807, 2.05) is 6.08 Å². The molecule has 0 saturated heterocycles. The van der Waals surface area contributed by atoms with Crippen LogP contribution in [0.2, 0.25) is 0 Å². The lowest BCUT2D eigenvalue weighted by molar-refractivity contribution is -0.143. The normalized spacial score (nSPS) is 10.2. The molecule has 0 aliphatic heterocycles. The molecule has 0 spiro atoms. The SMILES string of the molecule is CC(C)=CCCC(C)=CCO.O=C(O)CCC(=O)O. The summed E-state index contributed by atoms with van der Waals surface area (Å²) in [7, 11) is 0. The van der Waals surface area contributed by atoms with Crippen LogP contribution < -0.4 is 0 Å². The fourth-order valence-corrected chi connectivity index (χ4v) is 1.06. The molecule has 0 aliphatic rings. The van der Waals surface area contributed by atoms with Crippen LogP contribution in [-0.2, 0) is 9.59 Å². The maximum absolute atomic E-state index is 9.64. The molecule has 0 bridgehead atoms. The second kappa shape index (κ2) is 12.8. The van der Waals surface area contributed by atoms with Crippen LogP contribution >= 0.6 is 0 Å². The highest BCUT2D eigenvalue weighted by molar-refractivity contribution is 5.75. The fraction of sp³-hybridized carbons (Fsp3) is 0.571. The Balaban J connectivity index is 0. The Labute approximate surface area is 114 Å². The molecule has 5 nitrogen and oxygen atoms in total. The number of aliphatic hydroxyl groups is 1. The third-order valence-electron chi connectivity index (χ3n) is 2.08. The molecule has 0 saturated carbocycles. The number of aliphatic carboxylic acids is 2. The van der Waals surface area contributed by atoms with Gasteiger partial charge in [0.1, 0.15) is 0 Å². The zero-order valence-electron chi connectivity index (χ0n) is 11.8. The summed E-state index contributed by atoms with van der Waals surface area (Å²) < 4.78 is 0. The van der Waals surface area contributed by atoms with Gasteiger partial charge in [0.05, 0.1) is 19.4 Å². The van der Waals surface area contributed by atoms with Gasteiger partial charge in [-0.25, -0.2) is 0 Å². The average molecular weight is 272 g/mol. The fourth-order valence-electron chi connectivity index (χ4n) is 1.06. The van der Waals surface area contributed by atoms with Crippen molar-refractivity contribution in [1.82, 2.24) is 0 Å². The first-order valence-electron chi connectivity index (χ1n) is 6.13. The van der Waals surface area contributed by atoms with Crippen LogP contribution in [0.3, 0.4) is 0 Å². The van der Waals surface area contributed by atoms with Crippen molar-refractivity contribution in [3.63, 3.8) is 0 Å². The topological polar surface area (TPSA) is 94.8 Å². The number of hydrogen-bond donors (Lipinski definition) is 3. The Kier molecular flexibility index (Phi) is 13.3. The van der Waals surface area contributed by atoms with Crippen molar-refractivity contribution < 1.29 is 24.9 Å². The van der Waals surface area contributed by atoms with E-state index in [0.717, 1.165) is 12.8 Å². The highest BCUT2D eigenvalue weighted by Crippen LogP contribution is 2.05. The second-order valence-corrected chi connectivity index (χ2v) is 4.34. The van der Waals surface area contributed by atoms with Crippen LogP contribution in [0.15, 0.2) is 23.3 Å². The summed E-state index contributed by atoms with van der Waals surface area (Å²) in [6.45, 7) is 6.42. The Hall–Kier alpha value is -1.62. The first-order chi connectivity index (χ1) is 8.79. The standard InChI is InChI=1S/C10H18O.C4H6O4/c1-9(2)5-4-6-10(3)7-8-11;5-3(6)1-2-4(7)8/h5,7,11H,4,6,8H2,1-3H3;1-2H2,(H,5,6)(H,7,8). The molecule has 0 fully saturated rings. The van der Waals surface area contributed by atoms with Gasteiger partial charge in [0.2, 0.25) is 0 Å². The monoisotopic (exact) mass is 272 g/mol. The number of carboxylic acids is 2. The van der Waals surface area contributed by atoms with E-state index in [2.05, 4.69) is 26.8 Å². The van der Waals surface area contributed by atoms with Gasteiger partial charge in [-0.15, -0.1) is 0 Å². The molecule has 0 rings (SSSR count). The molecule has 3 N–H and O–H groups in total. The third-order valence-corrected chi connectivity index (χ3v) is 2.08. The van der Waals surface area contributed by atoms with E-state index in [1.54, 1.807) is 0 Å². The maximum Gasteiger partial charge on any atom is 0.303 e. The van der Waals surface area contributed by atoms with Crippen molar-refractivity contribution in [3.8, 4) is 0 Å². The quantitative estimate of drug-likeness (QED) is 0.619. The molecule has 0 amide bonds. The zero-order valence-corrected chi connectivity index (χ0v) is 11.8. The first kappa shape index (κ1) is 19.7. The van der Waals surface area contributed by atoms with Gasteiger partial charge in [0, 0.05) is 0 Å². The Morgan fingerprint density at radius 2 is 1.37 bits per heavy atom. The van der Waals surface area contributed by atoms with Gasteiger partial charge in [-0.3, -0.25) is 9.59 Å². The van der Waals surface area contributed by atoms with Gasteiger partial charge < -0.3 is 15.3 Å². The molecule has 0 atom stereocenters. The smallest absolute Gasteiger partial charge is 0.303 e. The van der Waals surface area contributed by atoms with Gasteiger partial charge >= 0.3 is 11.9 Å². The molecule has 0 unspecified atom stereocenters. The van der Waals surface area contributed by atoms with Crippen LogP contribution in [0.25, 0.3) is 0 Å². The second-order valence-electron chi connectivity index (χ2n) is 4.34. The summed E-state index contributed by atoms with van der Waals surface area (Å²) in [5.41, 5.74) is 2.63. The van der Waals surface area contributed by atoms with Crippen LogP contribution in [0.5, 0.6) is 0 Å². The van der Waals surface area contributed by atoms with Crippen molar-refractivity contribution in [1.29, 1.82) is 0 Å². The molecule has 0 aromatic heterocycles. The molecular weight excluding hydrogens is 248 g/mol. The number of hydrogen-bond acceptors (Lipinski definition) is 3. The number of carboxylic acid groups (broad SMARTS) is 2. The van der Waals surface area contributed by atoms with Crippen molar-refractivity contribution >= 4 is 11.9 Å². The average Bonchev–Trinajstić information content (AvgIpc) is 2.27. The van der Waals surface area contributed by atoms with E-state index < -0.39 is 11.9 Å². The van der Waals surface area contributed by atoms with E-state index in [0.29, 0.717) is 0 Å². The van der Waals surface area contributed by atoms with Gasteiger partial charge in [0.15, 0.2) is 0 Å². The van der Waals surface area contributed by atoms with Gasteiger partial charge in [-0.2, -0.15) is 0 Å². The van der Waals surface area contributed by atoms with Gasteiger partial charge in [-0.05, 0) is 33.6 Å². The van der Waals surface area contributed by atoms with Crippen LogP contribution in [-0.4, -0.2) is 33.9 Å². The minimum atomic E-state index is -1.08. The lowest BCUT2D eigenvalue weighted by Crippen LogP contribution is -2.00. The molecule has 110 valence electrons. The molecule has 0 aromatic rings. The molecular formula is C14H24O5. The summed E-state index contributed by atoms with van der Waals surface area (Å²) >= 11 is 0. The Morgan fingerprint density at radius 1 is 0.895 bits per heavy atom. The number of aliphatic hydroxyl groups excluding tert-OH is 1. The summed E-state index contributed by atoms with van der Waals surface area (Å²) in [4.78, 5) is 19.3. The summed E-state index contributed by atoms with van der Waals surface area (Å²) in [6.07, 6.45) is 5.63. The summed E-state index contributed by atoms with van der Waals surface area (Å²) in [5.74, 6) is -2.15. The third kappa shape index (κ3) is 22.1. The molecule has 0 heterocycles. The van der Waals surface area contributed by atoms with Crippen LogP contribution in [0.1, 0.15) is 46.5 Å². The number of carbonyl (C=O) groups is 2. The van der Waals surface area contributed by atoms with E-state index in [4.69, 9.17) is 15.3 Å². The van der Waals surface area contributed by atoms with Crippen molar-refractivity contribution in [2.75, 3.05) is 6.61 Å². The van der Waals surface area contributed by atoms with E-state index in [1.165, 1.54) is 11.1 Å². The molecule has 19 heavy (non-hydrogen) atoms. The zero-order chi connectivity index (χ0) is 15.3. The molecule has 0 radical (unpaired) electrons. The predicted octanol–water partition coefficient (Wildman–Crippen LogP) is 2.61. The highest BCUT2D eigenvalue weighted by Gasteiger charge is 2.00. The minimum Gasteiger partial charge on any atom is -0.481 e. The first-order valence-corrected chi connectivity index (χ1v) is 6.13. The van der Waals surface area contributed by atoms with Gasteiger partial charge in [0.25, 0.3) is 0 Å². The van der Waals surface area contributed by atoms with Crippen molar-refractivity contribution in [2.24, 2.45) is 0 Å².